The molecular formula is C40H44N3Si2+. The van der Waals surface area contributed by atoms with Gasteiger partial charge >= 0.3 is 0 Å². The molecule has 0 spiro atoms. The van der Waals surface area contributed by atoms with Crippen LogP contribution < -0.4 is 4.57 Å². The van der Waals surface area contributed by atoms with Crippen LogP contribution in [0.3, 0.4) is 0 Å². The van der Waals surface area contributed by atoms with E-state index in [-0.39, 0.29) is 0 Å². The molecule has 5 heteroatoms. The van der Waals surface area contributed by atoms with Crippen molar-refractivity contribution in [3.63, 3.8) is 0 Å². The van der Waals surface area contributed by atoms with Crippen LogP contribution in [0.15, 0.2) is 97.1 Å². The maximum atomic E-state index is 5.75. The number of rotatable bonds is 5. The number of nitrogens with zero attached hydrogens (tertiary/aromatic N) is 3. The highest BCUT2D eigenvalue weighted by Gasteiger charge is 2.40. The molecule has 0 aliphatic carbocycles. The molecule has 0 bridgehead atoms. The highest BCUT2D eigenvalue weighted by atomic mass is 28.4. The van der Waals surface area contributed by atoms with Crippen molar-refractivity contribution in [1.29, 1.82) is 0 Å². The fraction of sp³-hybridized carbons (Fsp3) is 0.250. The van der Waals surface area contributed by atoms with E-state index in [9.17, 15) is 0 Å². The number of pyridine rings is 2. The van der Waals surface area contributed by atoms with Gasteiger partial charge in [-0.25, -0.2) is 9.55 Å². The molecule has 3 nitrogen and oxygen atoms in total. The van der Waals surface area contributed by atoms with Gasteiger partial charge in [0, 0.05) is 21.7 Å². The van der Waals surface area contributed by atoms with Crippen LogP contribution in [0.4, 0.5) is 0 Å². The van der Waals surface area contributed by atoms with Crippen LogP contribution in [0, 0.1) is 13.8 Å². The Hall–Kier alpha value is -4.07. The molecule has 0 saturated carbocycles. The second kappa shape index (κ2) is 10.5. The molecule has 45 heavy (non-hydrogen) atoms. The zero-order valence-corrected chi connectivity index (χ0v) is 30.2. The predicted octanol–water partition coefficient (Wildman–Crippen LogP) is 10.4. The van der Waals surface area contributed by atoms with E-state index in [4.69, 9.17) is 4.98 Å². The minimum Gasteiger partial charge on any atom is -0.247 e. The van der Waals surface area contributed by atoms with Gasteiger partial charge in [-0.3, -0.25) is 0 Å². The molecule has 3 heterocycles. The number of hydrogen-bond donors (Lipinski definition) is 0. The van der Waals surface area contributed by atoms with Crippen molar-refractivity contribution >= 4 is 54.6 Å². The van der Waals surface area contributed by atoms with Crippen molar-refractivity contribution in [2.45, 2.75) is 58.3 Å². The lowest BCUT2D eigenvalue weighted by molar-refractivity contribution is -0.617. The van der Waals surface area contributed by atoms with Crippen molar-refractivity contribution in [2.24, 2.45) is 7.05 Å². The van der Waals surface area contributed by atoms with Crippen LogP contribution in [0.1, 0.15) is 21.9 Å². The fourth-order valence-electron chi connectivity index (χ4n) is 8.44. The maximum absolute atomic E-state index is 5.75. The molecule has 0 fully saturated rings. The molecule has 226 valence electrons. The molecule has 0 aliphatic heterocycles. The SMILES string of the molecule is Cc1cccc(-c2ccccc2)c1-c1cc(C)c2c(n1)c1c(C([Si](C)(C)C)[Si](C)(C)C)cccc1n1c3ccccc3[n+](C)c21. The van der Waals surface area contributed by atoms with Crippen LogP contribution in [0.25, 0.3) is 60.9 Å². The topological polar surface area (TPSA) is 21.2 Å². The Bertz CT molecular complexity index is 2250. The second-order valence-electron chi connectivity index (χ2n) is 15.0. The van der Waals surface area contributed by atoms with Crippen LogP contribution in [0.5, 0.6) is 0 Å². The summed E-state index contributed by atoms with van der Waals surface area (Å²) in [5.41, 5.74) is 14.8. The van der Waals surface area contributed by atoms with Gasteiger partial charge in [-0.1, -0.05) is 112 Å². The first-order valence-corrected chi connectivity index (χ1v) is 23.3. The van der Waals surface area contributed by atoms with Crippen molar-refractivity contribution in [1.82, 2.24) is 9.38 Å². The summed E-state index contributed by atoms with van der Waals surface area (Å²) in [6.07, 6.45) is 0. The summed E-state index contributed by atoms with van der Waals surface area (Å²) in [6, 6.07) is 35.6. The Labute approximate surface area is 269 Å². The molecule has 0 amide bonds. The van der Waals surface area contributed by atoms with Gasteiger partial charge in [0.1, 0.15) is 5.52 Å². The number of aryl methyl sites for hydroxylation is 3. The Morgan fingerprint density at radius 1 is 0.667 bits per heavy atom. The van der Waals surface area contributed by atoms with Gasteiger partial charge in [-0.05, 0) is 71.1 Å². The van der Waals surface area contributed by atoms with Crippen LogP contribution in [0.2, 0.25) is 39.3 Å². The van der Waals surface area contributed by atoms with E-state index < -0.39 is 16.1 Å². The molecule has 0 radical (unpaired) electrons. The molecular weight excluding hydrogens is 579 g/mol. The predicted molar refractivity (Wildman–Crippen MR) is 199 cm³/mol. The second-order valence-corrected chi connectivity index (χ2v) is 26.2. The molecule has 0 N–H and O–H groups in total. The molecule has 0 saturated heterocycles. The number of fused-ring (bicyclic) bond motifs is 8. The Kier molecular flexibility index (Phi) is 6.91. The van der Waals surface area contributed by atoms with Crippen molar-refractivity contribution in [2.75, 3.05) is 0 Å². The van der Waals surface area contributed by atoms with Crippen molar-refractivity contribution < 1.29 is 4.57 Å². The average molecular weight is 623 g/mol. The van der Waals surface area contributed by atoms with E-state index in [2.05, 4.69) is 166 Å². The highest BCUT2D eigenvalue weighted by molar-refractivity contribution is 6.96. The van der Waals surface area contributed by atoms with Gasteiger partial charge in [0.15, 0.2) is 11.0 Å². The average Bonchev–Trinajstić information content (AvgIpc) is 3.28. The molecule has 0 aliphatic rings. The molecule has 0 unspecified atom stereocenters. The van der Waals surface area contributed by atoms with Gasteiger partial charge in [0.05, 0.1) is 29.0 Å². The molecule has 0 atom stereocenters. The Balaban J connectivity index is 1.72. The Morgan fingerprint density at radius 3 is 2.02 bits per heavy atom. The smallest absolute Gasteiger partial charge is 0.247 e. The van der Waals surface area contributed by atoms with E-state index in [1.54, 1.807) is 0 Å². The minimum atomic E-state index is -1.62. The molecule has 7 rings (SSSR count). The van der Waals surface area contributed by atoms with Crippen molar-refractivity contribution in [3.8, 4) is 22.4 Å². The van der Waals surface area contributed by atoms with Gasteiger partial charge in [0.2, 0.25) is 0 Å². The standard InChI is InChI=1S/C40H44N3Si2/c1-26-17-15-20-29(28-18-11-10-12-19-28)35(26)31-25-27(2)36-38(41-31)37-30(40(44(4,5)6)45(7,8)9)21-16-24-34(37)43-33-23-14-13-22-32(33)42(3)39(36)43/h10-25,40H,1-9H3/q+1. The first kappa shape index (κ1) is 29.6. The number of aromatic nitrogens is 3. The molecule has 4 aromatic carbocycles. The molecule has 7 aromatic rings. The summed E-state index contributed by atoms with van der Waals surface area (Å²) in [5, 5.41) is 3.15. The zero-order chi connectivity index (χ0) is 31.8. The van der Waals surface area contributed by atoms with Gasteiger partial charge < -0.3 is 0 Å². The lowest BCUT2D eigenvalue weighted by atomic mass is 9.92. The maximum Gasteiger partial charge on any atom is 0.297 e. The zero-order valence-electron chi connectivity index (χ0n) is 28.2. The summed E-state index contributed by atoms with van der Waals surface area (Å²) in [4.78, 5) is 5.75. The van der Waals surface area contributed by atoms with Crippen LogP contribution in [-0.4, -0.2) is 25.5 Å². The highest BCUT2D eigenvalue weighted by Crippen LogP contribution is 2.44. The summed E-state index contributed by atoms with van der Waals surface area (Å²) in [7, 11) is -1.02. The van der Waals surface area contributed by atoms with E-state index in [1.807, 2.05) is 0 Å². The summed E-state index contributed by atoms with van der Waals surface area (Å²) >= 11 is 0. The first-order chi connectivity index (χ1) is 21.4. The lowest BCUT2D eigenvalue weighted by Gasteiger charge is -2.39. The van der Waals surface area contributed by atoms with Crippen LogP contribution in [-0.2, 0) is 7.05 Å². The molecule has 3 aromatic heterocycles. The quantitative estimate of drug-likeness (QED) is 0.106. The third-order valence-electron chi connectivity index (χ3n) is 9.66. The number of benzene rings is 4. The summed E-state index contributed by atoms with van der Waals surface area (Å²) in [5.74, 6) is 0. The Morgan fingerprint density at radius 2 is 1.31 bits per heavy atom. The number of para-hydroxylation sites is 2. The third-order valence-corrected chi connectivity index (χ3v) is 18.9. The van der Waals surface area contributed by atoms with E-state index in [1.165, 1.54) is 66.4 Å². The van der Waals surface area contributed by atoms with Gasteiger partial charge in [-0.15, -0.1) is 0 Å². The van der Waals surface area contributed by atoms with Crippen molar-refractivity contribution in [3.05, 3.63) is 114 Å². The largest absolute Gasteiger partial charge is 0.297 e. The third kappa shape index (κ3) is 4.67. The first-order valence-electron chi connectivity index (χ1n) is 16.2. The van der Waals surface area contributed by atoms with Gasteiger partial charge in [-0.2, -0.15) is 4.40 Å². The van der Waals surface area contributed by atoms with E-state index in [0.29, 0.717) is 5.16 Å². The summed E-state index contributed by atoms with van der Waals surface area (Å²) < 4.78 is 4.88. The number of hydrogen-bond acceptors (Lipinski definition) is 1. The number of imidazole rings is 1. The van der Waals surface area contributed by atoms with E-state index in [0.717, 1.165) is 11.2 Å². The normalized spacial score (nSPS) is 12.8. The van der Waals surface area contributed by atoms with Crippen LogP contribution >= 0.6 is 0 Å². The van der Waals surface area contributed by atoms with E-state index >= 15 is 0 Å². The lowest BCUT2D eigenvalue weighted by Crippen LogP contribution is -2.46. The monoisotopic (exact) mass is 622 g/mol. The fourth-order valence-corrected chi connectivity index (χ4v) is 21.2. The summed E-state index contributed by atoms with van der Waals surface area (Å²) in [6.45, 7) is 19.9. The van der Waals surface area contributed by atoms with Gasteiger partial charge in [0.25, 0.3) is 5.65 Å². The minimum absolute atomic E-state index is 0.578.